The van der Waals surface area contributed by atoms with Gasteiger partial charge < -0.3 is 0 Å². The van der Waals surface area contributed by atoms with Crippen LogP contribution in [0.1, 0.15) is 232 Å². The van der Waals surface area contributed by atoms with Crippen molar-refractivity contribution in [3.8, 4) is 0 Å². The predicted molar refractivity (Wildman–Crippen MR) is 259 cm³/mol. The molecule has 0 fully saturated rings. The van der Waals surface area contributed by atoms with E-state index in [0.29, 0.717) is 37.9 Å². The van der Waals surface area contributed by atoms with Crippen LogP contribution in [0.2, 0.25) is 0 Å². The van der Waals surface area contributed by atoms with E-state index in [2.05, 4.69) is 256 Å². The summed E-state index contributed by atoms with van der Waals surface area (Å²) in [4.78, 5) is 0. The van der Waals surface area contributed by atoms with Gasteiger partial charge in [0.25, 0.3) is 0 Å². The maximum Gasteiger partial charge on any atom is -0.0124 e. The van der Waals surface area contributed by atoms with E-state index in [-0.39, 0.29) is 10.8 Å². The molecule has 1 aromatic rings. The molecule has 2 aliphatic carbocycles. The summed E-state index contributed by atoms with van der Waals surface area (Å²) in [5, 5.41) is 0. The number of allylic oxidation sites excluding steroid dienone is 8. The lowest BCUT2D eigenvalue weighted by molar-refractivity contribution is 0.452. The monoisotopic (exact) mass is 763 g/mol. The van der Waals surface area contributed by atoms with E-state index < -0.39 is 0 Å². The van der Waals surface area contributed by atoms with Crippen molar-refractivity contribution in [1.29, 1.82) is 0 Å². The van der Waals surface area contributed by atoms with Crippen LogP contribution in [0.15, 0.2) is 70.9 Å². The first-order valence-corrected chi connectivity index (χ1v) is 21.6. The second kappa shape index (κ2) is 21.3. The molecule has 0 bridgehead atoms. The normalized spacial score (nSPS) is 15.4. The summed E-state index contributed by atoms with van der Waals surface area (Å²) in [7, 11) is 0. The average Bonchev–Trinajstić information content (AvgIpc) is 3.56. The second-order valence-electron chi connectivity index (χ2n) is 27.0. The Morgan fingerprint density at radius 2 is 0.491 bits per heavy atom. The van der Waals surface area contributed by atoms with E-state index in [0.717, 1.165) is 12.8 Å². The maximum atomic E-state index is 2.31. The first-order valence-electron chi connectivity index (χ1n) is 21.6. The molecule has 322 valence electrons. The quantitative estimate of drug-likeness (QED) is 0.247. The Labute approximate surface area is 350 Å². The van der Waals surface area contributed by atoms with Crippen molar-refractivity contribution in [2.45, 2.75) is 231 Å². The van der Waals surface area contributed by atoms with Crippen molar-refractivity contribution in [3.63, 3.8) is 0 Å². The third-order valence-corrected chi connectivity index (χ3v) is 7.83. The lowest BCUT2D eigenvalue weighted by Crippen LogP contribution is -2.21. The summed E-state index contributed by atoms with van der Waals surface area (Å²) in [6, 6.07) is 8.77. The highest BCUT2D eigenvalue weighted by atomic mass is 14.3. The number of rotatable bonds is 0. The molecule has 2 aliphatic rings. The Morgan fingerprint density at radius 1 is 0.291 bits per heavy atom. The van der Waals surface area contributed by atoms with Gasteiger partial charge in [-0.1, -0.05) is 267 Å². The standard InChI is InChI=1S/C14H22.2C13H22.3C5H12/c1-13(2,3)11-9-7-8-10-12(11)14(4,5)6;2*1-12(2,3)10-8-7-9-11(10)13(4,5)6;3*1-5(2,3)4/h7-10H,1-6H3;2*7-8H,9H2,1-6H3;3*1-4H3. The van der Waals surface area contributed by atoms with Crippen LogP contribution < -0.4 is 0 Å². The van der Waals surface area contributed by atoms with Crippen LogP contribution in [-0.2, 0) is 10.8 Å². The maximum absolute atomic E-state index is 2.31. The average molecular weight is 763 g/mol. The molecule has 0 heterocycles. The molecule has 3 rings (SSSR count). The second-order valence-corrected chi connectivity index (χ2v) is 27.0. The lowest BCUT2D eigenvalue weighted by atomic mass is 9.75. The SMILES string of the molecule is CC(C)(C)C.CC(C)(C)C.CC(C)(C)C.CC(C)(C)C1=C(C(C)(C)C)CC=C1.CC(C)(C)C1=C(C(C)(C)C)CC=C1.CC(C)(C)c1ccccc1C(C)(C)C. The Balaban J connectivity index is -0.000000624. The van der Waals surface area contributed by atoms with Crippen molar-refractivity contribution in [2.75, 3.05) is 0 Å². The minimum atomic E-state index is 0.240. The summed E-state index contributed by atoms with van der Waals surface area (Å²) in [5.41, 5.74) is 12.5. The molecule has 0 amide bonds. The molecule has 0 aromatic heterocycles. The van der Waals surface area contributed by atoms with E-state index in [9.17, 15) is 0 Å². The summed E-state index contributed by atoms with van der Waals surface area (Å²) in [6.07, 6.45) is 11.5. The molecular weight excluding hydrogens is 661 g/mol. The molecule has 0 spiro atoms. The van der Waals surface area contributed by atoms with Gasteiger partial charge in [0, 0.05) is 0 Å². The minimum absolute atomic E-state index is 0.240. The van der Waals surface area contributed by atoms with Gasteiger partial charge >= 0.3 is 0 Å². The topological polar surface area (TPSA) is 0 Å². The molecule has 0 radical (unpaired) electrons. The molecule has 0 aliphatic heterocycles. The largest absolute Gasteiger partial charge is 0.0801 e. The first kappa shape index (κ1) is 57.5. The highest BCUT2D eigenvalue weighted by Crippen LogP contribution is 2.43. The van der Waals surface area contributed by atoms with Crippen LogP contribution in [0, 0.1) is 37.9 Å². The fraction of sp³-hybridized carbons (Fsp3) is 0.745. The number of hydrogen-bond donors (Lipinski definition) is 0. The van der Waals surface area contributed by atoms with Crippen LogP contribution in [0.3, 0.4) is 0 Å². The van der Waals surface area contributed by atoms with Crippen LogP contribution >= 0.6 is 0 Å². The van der Waals surface area contributed by atoms with Crippen molar-refractivity contribution >= 4 is 0 Å². The van der Waals surface area contributed by atoms with E-state index in [4.69, 9.17) is 0 Å². The Hall–Kier alpha value is -1.82. The van der Waals surface area contributed by atoms with Gasteiger partial charge in [-0.2, -0.15) is 0 Å². The van der Waals surface area contributed by atoms with Gasteiger partial charge in [0.15, 0.2) is 0 Å². The first-order chi connectivity index (χ1) is 23.7. The summed E-state index contributed by atoms with van der Waals surface area (Å²) in [6.45, 7) is 67.5. The van der Waals surface area contributed by atoms with Crippen LogP contribution in [-0.4, -0.2) is 0 Å². The molecular formula is C55H102. The minimum Gasteiger partial charge on any atom is -0.0801 e. The van der Waals surface area contributed by atoms with Gasteiger partial charge in [-0.25, -0.2) is 0 Å². The van der Waals surface area contributed by atoms with E-state index in [1.54, 1.807) is 22.3 Å². The predicted octanol–water partition coefficient (Wildman–Crippen LogP) is 19.1. The van der Waals surface area contributed by atoms with Crippen LogP contribution in [0.4, 0.5) is 0 Å². The molecule has 0 nitrogen and oxygen atoms in total. The zero-order valence-electron chi connectivity index (χ0n) is 43.5. The summed E-state index contributed by atoms with van der Waals surface area (Å²) < 4.78 is 0. The van der Waals surface area contributed by atoms with Crippen molar-refractivity contribution in [2.24, 2.45) is 37.9 Å². The molecule has 0 saturated carbocycles. The summed E-state index contributed by atoms with van der Waals surface area (Å²) in [5.74, 6) is 0. The Kier molecular flexibility index (Phi) is 22.2. The van der Waals surface area contributed by atoms with E-state index >= 15 is 0 Å². The van der Waals surface area contributed by atoms with Gasteiger partial charge in [-0.3, -0.25) is 0 Å². The smallest absolute Gasteiger partial charge is 0.0124 e. The van der Waals surface area contributed by atoms with Gasteiger partial charge in [0.2, 0.25) is 0 Å². The van der Waals surface area contributed by atoms with E-state index in [1.807, 2.05) is 0 Å². The van der Waals surface area contributed by atoms with Crippen molar-refractivity contribution in [3.05, 3.63) is 82.0 Å². The van der Waals surface area contributed by atoms with E-state index in [1.165, 1.54) is 11.1 Å². The van der Waals surface area contributed by atoms with Crippen LogP contribution in [0.5, 0.6) is 0 Å². The molecule has 0 atom stereocenters. The highest BCUT2D eigenvalue weighted by molar-refractivity contribution is 5.41. The molecule has 1 aromatic carbocycles. The Bertz CT molecular complexity index is 1220. The Morgan fingerprint density at radius 3 is 0.618 bits per heavy atom. The highest BCUT2D eigenvalue weighted by Gasteiger charge is 2.29. The van der Waals surface area contributed by atoms with Gasteiger partial charge in [0.05, 0.1) is 0 Å². The molecule has 0 unspecified atom stereocenters. The molecule has 55 heavy (non-hydrogen) atoms. The fourth-order valence-corrected chi connectivity index (χ4v) is 5.63. The van der Waals surface area contributed by atoms with Gasteiger partial charge in [-0.15, -0.1) is 0 Å². The number of hydrogen-bond acceptors (Lipinski definition) is 0. The molecule has 0 heteroatoms. The van der Waals surface area contributed by atoms with Crippen LogP contribution in [0.25, 0.3) is 0 Å². The van der Waals surface area contributed by atoms with Crippen molar-refractivity contribution < 1.29 is 0 Å². The fourth-order valence-electron chi connectivity index (χ4n) is 5.63. The molecule has 0 saturated heterocycles. The third-order valence-electron chi connectivity index (χ3n) is 7.83. The number of benzene rings is 1. The molecule has 0 N–H and O–H groups in total. The lowest BCUT2D eigenvalue weighted by Gasteiger charge is -2.29. The van der Waals surface area contributed by atoms with Gasteiger partial charge in [-0.05, 0) is 83.8 Å². The van der Waals surface area contributed by atoms with Gasteiger partial charge in [0.1, 0.15) is 0 Å². The zero-order chi connectivity index (χ0) is 45.0. The van der Waals surface area contributed by atoms with Crippen molar-refractivity contribution in [1.82, 2.24) is 0 Å². The summed E-state index contributed by atoms with van der Waals surface area (Å²) >= 11 is 0. The zero-order valence-corrected chi connectivity index (χ0v) is 43.5. The third kappa shape index (κ3) is 30.9.